The Bertz CT molecular complexity index is 619. The van der Waals surface area contributed by atoms with Gasteiger partial charge in [0.05, 0.1) is 6.04 Å². The lowest BCUT2D eigenvalue weighted by molar-refractivity contribution is 0.478. The molecule has 0 aromatic heterocycles. The maximum absolute atomic E-state index is 3.72. The quantitative estimate of drug-likeness (QED) is 0.744. The highest BCUT2D eigenvalue weighted by Gasteiger charge is 2.26. The third-order valence-corrected chi connectivity index (χ3v) is 4.58. The van der Waals surface area contributed by atoms with Gasteiger partial charge in [0.25, 0.3) is 0 Å². The summed E-state index contributed by atoms with van der Waals surface area (Å²) in [5.41, 5.74) is 5.74. The second kappa shape index (κ2) is 5.22. The van der Waals surface area contributed by atoms with E-state index in [4.69, 9.17) is 0 Å². The maximum Gasteiger partial charge on any atom is 0.0542 e. The fourth-order valence-electron chi connectivity index (χ4n) is 3.22. The van der Waals surface area contributed by atoms with Crippen molar-refractivity contribution in [3.8, 4) is 0 Å². The van der Waals surface area contributed by atoms with Gasteiger partial charge in [-0.25, -0.2) is 0 Å². The Morgan fingerprint density at radius 1 is 0.952 bits per heavy atom. The predicted molar refractivity (Wildman–Crippen MR) is 90.8 cm³/mol. The number of hydrogen-bond acceptors (Lipinski definition) is 1. The molecule has 0 amide bonds. The van der Waals surface area contributed by atoms with Crippen molar-refractivity contribution in [3.63, 3.8) is 0 Å². The highest BCUT2D eigenvalue weighted by atomic mass is 14.9. The summed E-state index contributed by atoms with van der Waals surface area (Å²) in [5, 5.41) is 3.72. The molecule has 21 heavy (non-hydrogen) atoms. The molecule has 0 saturated carbocycles. The first-order chi connectivity index (χ1) is 9.95. The van der Waals surface area contributed by atoms with Gasteiger partial charge in [-0.3, -0.25) is 0 Å². The van der Waals surface area contributed by atoms with Gasteiger partial charge < -0.3 is 5.32 Å². The van der Waals surface area contributed by atoms with Gasteiger partial charge in [-0.15, -0.1) is 0 Å². The van der Waals surface area contributed by atoms with Crippen molar-refractivity contribution in [1.82, 2.24) is 0 Å². The Kier molecular flexibility index (Phi) is 3.52. The number of para-hydroxylation sites is 1. The first-order valence-electron chi connectivity index (χ1n) is 7.90. The Morgan fingerprint density at radius 3 is 2.29 bits per heavy atom. The van der Waals surface area contributed by atoms with Crippen LogP contribution < -0.4 is 5.32 Å². The molecule has 0 radical (unpaired) electrons. The SMILES string of the molecule is CC1Cc2ccccc2NC1c1ccc(C(C)(C)C)cc1. The number of anilines is 1. The molecule has 0 fully saturated rings. The van der Waals surface area contributed by atoms with E-state index in [1.165, 1.54) is 22.4 Å². The van der Waals surface area contributed by atoms with Crippen LogP contribution in [0.1, 0.15) is 50.4 Å². The van der Waals surface area contributed by atoms with Crippen LogP contribution in [0, 0.1) is 5.92 Å². The molecule has 3 rings (SSSR count). The zero-order chi connectivity index (χ0) is 15.0. The third kappa shape index (κ3) is 2.83. The van der Waals surface area contributed by atoms with Crippen molar-refractivity contribution >= 4 is 5.69 Å². The van der Waals surface area contributed by atoms with E-state index in [0.717, 1.165) is 6.42 Å². The van der Waals surface area contributed by atoms with Crippen molar-refractivity contribution in [1.29, 1.82) is 0 Å². The number of benzene rings is 2. The van der Waals surface area contributed by atoms with Crippen molar-refractivity contribution < 1.29 is 0 Å². The first kappa shape index (κ1) is 14.2. The number of nitrogens with one attached hydrogen (secondary N) is 1. The molecule has 2 aromatic carbocycles. The molecule has 1 N–H and O–H groups in total. The molecule has 0 bridgehead atoms. The normalized spacial score (nSPS) is 21.5. The minimum Gasteiger partial charge on any atom is -0.378 e. The molecule has 1 heterocycles. The summed E-state index contributed by atoms with van der Waals surface area (Å²) in [6, 6.07) is 18.2. The summed E-state index contributed by atoms with van der Waals surface area (Å²) in [4.78, 5) is 0. The molecular formula is C20H25N. The molecule has 0 aliphatic carbocycles. The van der Waals surface area contributed by atoms with Gasteiger partial charge in [0.1, 0.15) is 0 Å². The molecule has 1 heteroatoms. The number of hydrogen-bond donors (Lipinski definition) is 1. The molecule has 0 saturated heterocycles. The van der Waals surface area contributed by atoms with Gasteiger partial charge in [0, 0.05) is 5.69 Å². The summed E-state index contributed by atoms with van der Waals surface area (Å²) in [6.07, 6.45) is 1.15. The summed E-state index contributed by atoms with van der Waals surface area (Å²) >= 11 is 0. The summed E-state index contributed by atoms with van der Waals surface area (Å²) in [7, 11) is 0. The van der Waals surface area contributed by atoms with Gasteiger partial charge in [-0.1, -0.05) is 70.2 Å². The topological polar surface area (TPSA) is 12.0 Å². The second-order valence-electron chi connectivity index (χ2n) is 7.33. The van der Waals surface area contributed by atoms with Crippen molar-refractivity contribution in [2.45, 2.75) is 45.6 Å². The highest BCUT2D eigenvalue weighted by Crippen LogP contribution is 2.36. The smallest absolute Gasteiger partial charge is 0.0542 e. The monoisotopic (exact) mass is 279 g/mol. The van der Waals surface area contributed by atoms with Gasteiger partial charge in [-0.05, 0) is 40.5 Å². The zero-order valence-corrected chi connectivity index (χ0v) is 13.5. The molecule has 110 valence electrons. The van der Waals surface area contributed by atoms with E-state index in [0.29, 0.717) is 12.0 Å². The third-order valence-electron chi connectivity index (χ3n) is 4.58. The molecule has 1 aliphatic rings. The van der Waals surface area contributed by atoms with Crippen LogP contribution in [0.4, 0.5) is 5.69 Å². The van der Waals surface area contributed by atoms with E-state index < -0.39 is 0 Å². The molecule has 1 nitrogen and oxygen atoms in total. The zero-order valence-electron chi connectivity index (χ0n) is 13.5. The first-order valence-corrected chi connectivity index (χ1v) is 7.90. The van der Waals surface area contributed by atoms with Crippen LogP contribution in [-0.4, -0.2) is 0 Å². The lowest BCUT2D eigenvalue weighted by atomic mass is 9.82. The van der Waals surface area contributed by atoms with E-state index in [9.17, 15) is 0 Å². The lowest BCUT2D eigenvalue weighted by Crippen LogP contribution is -2.26. The van der Waals surface area contributed by atoms with Crippen LogP contribution >= 0.6 is 0 Å². The van der Waals surface area contributed by atoms with Crippen LogP contribution in [0.3, 0.4) is 0 Å². The van der Waals surface area contributed by atoms with Crippen molar-refractivity contribution in [2.75, 3.05) is 5.32 Å². The van der Waals surface area contributed by atoms with Gasteiger partial charge in [-0.2, -0.15) is 0 Å². The van der Waals surface area contributed by atoms with Crippen molar-refractivity contribution in [3.05, 3.63) is 65.2 Å². The fourth-order valence-corrected chi connectivity index (χ4v) is 3.22. The van der Waals surface area contributed by atoms with Gasteiger partial charge in [0.15, 0.2) is 0 Å². The Hall–Kier alpha value is -1.76. The molecule has 2 aromatic rings. The van der Waals surface area contributed by atoms with Crippen LogP contribution in [0.5, 0.6) is 0 Å². The molecule has 2 atom stereocenters. The molecule has 1 aliphatic heterocycles. The summed E-state index contributed by atoms with van der Waals surface area (Å²) in [6.45, 7) is 9.13. The maximum atomic E-state index is 3.72. The van der Waals surface area contributed by atoms with E-state index in [1.807, 2.05) is 0 Å². The van der Waals surface area contributed by atoms with Crippen LogP contribution in [-0.2, 0) is 11.8 Å². The molecule has 0 spiro atoms. The standard InChI is InChI=1S/C20H25N/c1-14-13-16-7-5-6-8-18(16)21-19(14)15-9-11-17(12-10-15)20(2,3)4/h5-12,14,19,21H,13H2,1-4H3. The number of fused-ring (bicyclic) bond motifs is 1. The Morgan fingerprint density at radius 2 is 1.62 bits per heavy atom. The average molecular weight is 279 g/mol. The summed E-state index contributed by atoms with van der Waals surface area (Å²) in [5.74, 6) is 0.611. The highest BCUT2D eigenvalue weighted by molar-refractivity contribution is 5.55. The largest absolute Gasteiger partial charge is 0.378 e. The van der Waals surface area contributed by atoms with Crippen LogP contribution in [0.2, 0.25) is 0 Å². The van der Waals surface area contributed by atoms with Crippen LogP contribution in [0.15, 0.2) is 48.5 Å². The van der Waals surface area contributed by atoms with E-state index in [2.05, 4.69) is 81.5 Å². The average Bonchev–Trinajstić information content (AvgIpc) is 2.46. The second-order valence-corrected chi connectivity index (χ2v) is 7.33. The fraction of sp³-hybridized carbons (Fsp3) is 0.400. The van der Waals surface area contributed by atoms with Gasteiger partial charge in [0.2, 0.25) is 0 Å². The Labute approximate surface area is 128 Å². The number of rotatable bonds is 1. The lowest BCUT2D eigenvalue weighted by Gasteiger charge is -2.33. The van der Waals surface area contributed by atoms with Crippen molar-refractivity contribution in [2.24, 2.45) is 5.92 Å². The van der Waals surface area contributed by atoms with Crippen LogP contribution in [0.25, 0.3) is 0 Å². The predicted octanol–water partition coefficient (Wildman–Crippen LogP) is 5.33. The molecular weight excluding hydrogens is 254 g/mol. The van der Waals surface area contributed by atoms with E-state index in [1.54, 1.807) is 0 Å². The minimum atomic E-state index is 0.219. The Balaban J connectivity index is 1.88. The summed E-state index contributed by atoms with van der Waals surface area (Å²) < 4.78 is 0. The van der Waals surface area contributed by atoms with E-state index in [-0.39, 0.29) is 5.41 Å². The minimum absolute atomic E-state index is 0.219. The van der Waals surface area contributed by atoms with Gasteiger partial charge >= 0.3 is 0 Å². The van der Waals surface area contributed by atoms with E-state index >= 15 is 0 Å². The molecule has 2 unspecified atom stereocenters.